The minimum atomic E-state index is -0.00741. The van der Waals surface area contributed by atoms with Crippen molar-refractivity contribution < 1.29 is 14.3 Å². The van der Waals surface area contributed by atoms with Gasteiger partial charge in [-0.3, -0.25) is 4.79 Å². The third kappa shape index (κ3) is 3.70. The first-order valence-electron chi connectivity index (χ1n) is 9.01. The molecule has 1 aliphatic heterocycles. The summed E-state index contributed by atoms with van der Waals surface area (Å²) in [4.78, 5) is 17.6. The molecule has 3 aromatic rings. The van der Waals surface area contributed by atoms with Crippen LogP contribution in [-0.4, -0.2) is 31.6 Å². The Morgan fingerprint density at radius 3 is 2.57 bits per heavy atom. The van der Waals surface area contributed by atoms with Crippen molar-refractivity contribution in [2.75, 3.05) is 20.8 Å². The maximum Gasteiger partial charge on any atom is 0.247 e. The van der Waals surface area contributed by atoms with E-state index >= 15 is 0 Å². The maximum absolute atomic E-state index is 13.1. The number of hydrogen-bond acceptors (Lipinski definition) is 5. The highest BCUT2D eigenvalue weighted by atomic mass is 32.1. The normalized spacial score (nSPS) is 16.2. The van der Waals surface area contributed by atoms with Gasteiger partial charge < -0.3 is 14.4 Å². The van der Waals surface area contributed by atoms with Crippen molar-refractivity contribution in [3.63, 3.8) is 0 Å². The summed E-state index contributed by atoms with van der Waals surface area (Å²) in [7, 11) is 3.23. The number of thiophene rings is 2. The fraction of sp³-hybridized carbons (Fsp3) is 0.227. The van der Waals surface area contributed by atoms with Gasteiger partial charge in [0.15, 0.2) is 0 Å². The van der Waals surface area contributed by atoms with Crippen LogP contribution in [0.1, 0.15) is 26.9 Å². The highest BCUT2D eigenvalue weighted by Crippen LogP contribution is 2.39. The van der Waals surface area contributed by atoms with Crippen LogP contribution in [-0.2, 0) is 11.2 Å². The first-order valence-corrected chi connectivity index (χ1v) is 10.8. The number of hydrogen-bond donors (Lipinski definition) is 0. The van der Waals surface area contributed by atoms with Crippen LogP contribution in [0.25, 0.3) is 6.08 Å². The molecule has 4 nitrogen and oxygen atoms in total. The van der Waals surface area contributed by atoms with Gasteiger partial charge in [0.25, 0.3) is 0 Å². The van der Waals surface area contributed by atoms with Gasteiger partial charge in [-0.1, -0.05) is 6.07 Å². The van der Waals surface area contributed by atoms with Gasteiger partial charge in [-0.05, 0) is 58.6 Å². The quantitative estimate of drug-likeness (QED) is 0.554. The Balaban J connectivity index is 1.61. The Hall–Kier alpha value is -2.57. The van der Waals surface area contributed by atoms with Crippen molar-refractivity contribution in [2.24, 2.45) is 0 Å². The number of amides is 1. The third-order valence-electron chi connectivity index (χ3n) is 4.85. The van der Waals surface area contributed by atoms with Gasteiger partial charge in [0.2, 0.25) is 5.91 Å². The number of benzene rings is 1. The zero-order chi connectivity index (χ0) is 19.5. The molecule has 0 saturated heterocycles. The first kappa shape index (κ1) is 18.8. The van der Waals surface area contributed by atoms with Crippen molar-refractivity contribution >= 4 is 34.7 Å². The standard InChI is InChI=1S/C22H21NO3S2/c1-25-16-12-15(13-17(14-16)26-2)5-6-21(24)23-9-7-19-18(8-11-28-19)22(23)20-4-3-10-27-20/h3-6,8,10-14,22H,7,9H2,1-2H3/b6-5+/t22-/m0/s1. The molecule has 28 heavy (non-hydrogen) atoms. The number of fused-ring (bicyclic) bond motifs is 1. The minimum absolute atomic E-state index is 0.00741. The lowest BCUT2D eigenvalue weighted by atomic mass is 9.98. The van der Waals surface area contributed by atoms with Gasteiger partial charge in [0, 0.05) is 28.4 Å². The molecule has 6 heteroatoms. The van der Waals surface area contributed by atoms with E-state index in [1.54, 1.807) is 43.0 Å². The molecule has 0 spiro atoms. The Bertz CT molecular complexity index is 969. The van der Waals surface area contributed by atoms with Crippen molar-refractivity contribution in [1.82, 2.24) is 4.90 Å². The second-order valence-electron chi connectivity index (χ2n) is 6.48. The van der Waals surface area contributed by atoms with Gasteiger partial charge in [-0.2, -0.15) is 0 Å². The topological polar surface area (TPSA) is 38.8 Å². The number of methoxy groups -OCH3 is 2. The maximum atomic E-state index is 13.1. The largest absolute Gasteiger partial charge is 0.497 e. The summed E-state index contributed by atoms with van der Waals surface area (Å²) in [5.41, 5.74) is 2.12. The van der Waals surface area contributed by atoms with Crippen LogP contribution in [0.5, 0.6) is 11.5 Å². The molecule has 3 heterocycles. The zero-order valence-corrected chi connectivity index (χ0v) is 17.4. The molecule has 0 radical (unpaired) electrons. The molecule has 0 aliphatic carbocycles. The molecule has 0 unspecified atom stereocenters. The minimum Gasteiger partial charge on any atom is -0.497 e. The molecule has 1 aromatic carbocycles. The number of carbonyl (C=O) groups is 1. The highest BCUT2D eigenvalue weighted by Gasteiger charge is 2.32. The molecule has 1 atom stereocenters. The molecular weight excluding hydrogens is 390 g/mol. The lowest BCUT2D eigenvalue weighted by Crippen LogP contribution is -2.38. The van der Waals surface area contributed by atoms with E-state index in [2.05, 4.69) is 22.9 Å². The number of nitrogens with zero attached hydrogens (tertiary/aromatic N) is 1. The average Bonchev–Trinajstić information content (AvgIpc) is 3.42. The fourth-order valence-electron chi connectivity index (χ4n) is 3.50. The van der Waals surface area contributed by atoms with Crippen LogP contribution < -0.4 is 9.47 Å². The summed E-state index contributed by atoms with van der Waals surface area (Å²) in [5.74, 6) is 1.41. The van der Waals surface area contributed by atoms with Crippen LogP contribution >= 0.6 is 22.7 Å². The summed E-state index contributed by atoms with van der Waals surface area (Å²) in [6, 6.07) is 11.9. The SMILES string of the molecule is COc1cc(/C=C/C(=O)N2CCc3sccc3[C@H]2c2cccs2)cc(OC)c1. The second-order valence-corrected chi connectivity index (χ2v) is 8.46. The van der Waals surface area contributed by atoms with Gasteiger partial charge in [0.1, 0.15) is 11.5 Å². The van der Waals surface area contributed by atoms with E-state index in [4.69, 9.17) is 9.47 Å². The smallest absolute Gasteiger partial charge is 0.247 e. The number of ether oxygens (including phenoxy) is 2. The molecule has 0 N–H and O–H groups in total. The molecule has 2 aromatic heterocycles. The van der Waals surface area contributed by atoms with E-state index in [1.807, 2.05) is 35.2 Å². The predicted molar refractivity (Wildman–Crippen MR) is 114 cm³/mol. The van der Waals surface area contributed by atoms with E-state index in [1.165, 1.54) is 15.3 Å². The summed E-state index contributed by atoms with van der Waals surface area (Å²) in [6.45, 7) is 0.723. The van der Waals surface area contributed by atoms with Gasteiger partial charge in [-0.15, -0.1) is 22.7 Å². The molecule has 1 aliphatic rings. The van der Waals surface area contributed by atoms with Gasteiger partial charge in [-0.25, -0.2) is 0 Å². The molecule has 0 saturated carbocycles. The third-order valence-corrected chi connectivity index (χ3v) is 6.78. The second kappa shape index (κ2) is 8.20. The Morgan fingerprint density at radius 2 is 1.89 bits per heavy atom. The molecule has 4 rings (SSSR count). The number of rotatable bonds is 5. The monoisotopic (exact) mass is 411 g/mol. The van der Waals surface area contributed by atoms with Crippen LogP contribution in [0.3, 0.4) is 0 Å². The lowest BCUT2D eigenvalue weighted by molar-refractivity contribution is -0.127. The van der Waals surface area contributed by atoms with E-state index in [9.17, 15) is 4.79 Å². The van der Waals surface area contributed by atoms with Gasteiger partial charge >= 0.3 is 0 Å². The highest BCUT2D eigenvalue weighted by molar-refractivity contribution is 7.10. The number of carbonyl (C=O) groups excluding carboxylic acids is 1. The van der Waals surface area contributed by atoms with Crippen molar-refractivity contribution in [2.45, 2.75) is 12.5 Å². The van der Waals surface area contributed by atoms with Crippen LogP contribution in [0.4, 0.5) is 0 Å². The van der Waals surface area contributed by atoms with Crippen molar-refractivity contribution in [3.05, 3.63) is 74.1 Å². The van der Waals surface area contributed by atoms with Crippen molar-refractivity contribution in [3.8, 4) is 11.5 Å². The fourth-order valence-corrected chi connectivity index (χ4v) is 5.25. The van der Waals surface area contributed by atoms with E-state index in [-0.39, 0.29) is 11.9 Å². The zero-order valence-electron chi connectivity index (χ0n) is 15.8. The molecular formula is C22H21NO3S2. The average molecular weight is 412 g/mol. The molecule has 0 bridgehead atoms. The summed E-state index contributed by atoms with van der Waals surface area (Å²) in [6.07, 6.45) is 4.37. The van der Waals surface area contributed by atoms with E-state index in [0.717, 1.165) is 18.5 Å². The van der Waals surface area contributed by atoms with E-state index in [0.29, 0.717) is 11.5 Å². The summed E-state index contributed by atoms with van der Waals surface area (Å²) in [5, 5.41) is 4.19. The van der Waals surface area contributed by atoms with E-state index < -0.39 is 0 Å². The predicted octanol–water partition coefficient (Wildman–Crippen LogP) is 5.01. The summed E-state index contributed by atoms with van der Waals surface area (Å²) >= 11 is 3.47. The van der Waals surface area contributed by atoms with Gasteiger partial charge in [0.05, 0.1) is 20.3 Å². The molecule has 144 valence electrons. The molecule has 0 fully saturated rings. The van der Waals surface area contributed by atoms with Crippen LogP contribution in [0.15, 0.2) is 53.2 Å². The van der Waals surface area contributed by atoms with Crippen LogP contribution in [0, 0.1) is 0 Å². The Kier molecular flexibility index (Phi) is 5.50. The Morgan fingerprint density at radius 1 is 1.11 bits per heavy atom. The molecule has 1 amide bonds. The summed E-state index contributed by atoms with van der Waals surface area (Å²) < 4.78 is 10.6. The Labute approximate surface area is 172 Å². The van der Waals surface area contributed by atoms with Crippen LogP contribution in [0.2, 0.25) is 0 Å². The van der Waals surface area contributed by atoms with Crippen molar-refractivity contribution in [1.29, 1.82) is 0 Å². The lowest BCUT2D eigenvalue weighted by Gasteiger charge is -2.34. The first-order chi connectivity index (χ1) is 13.7.